The molecule has 9 nitrogen and oxygen atoms in total. The molecule has 4 rings (SSSR count). The summed E-state index contributed by atoms with van der Waals surface area (Å²) < 4.78 is 10.5. The Morgan fingerprint density at radius 2 is 1.62 bits per heavy atom. The number of methoxy groups -OCH3 is 1. The third kappa shape index (κ3) is 5.18. The lowest BCUT2D eigenvalue weighted by atomic mass is 9.83. The normalized spacial score (nSPS) is 28.3. The Kier molecular flexibility index (Phi) is 7.10. The summed E-state index contributed by atoms with van der Waals surface area (Å²) in [6.45, 7) is 6.12. The van der Waals surface area contributed by atoms with Gasteiger partial charge in [0.05, 0.1) is 25.1 Å². The highest BCUT2D eigenvalue weighted by Crippen LogP contribution is 2.41. The number of hydrogen-bond donors (Lipinski definition) is 1. The average molecular weight is 478 g/mol. The molecule has 4 atom stereocenters. The molecular weight excluding hydrogens is 438 g/mol. The zero-order chi connectivity index (χ0) is 24.6. The quantitative estimate of drug-likeness (QED) is 0.610. The highest BCUT2D eigenvalue weighted by atomic mass is 16.6. The van der Waals surface area contributed by atoms with Crippen LogP contribution in [0.25, 0.3) is 0 Å². The second-order valence-corrected chi connectivity index (χ2v) is 11.3. The van der Waals surface area contributed by atoms with Gasteiger partial charge in [0.2, 0.25) is 11.8 Å². The lowest BCUT2D eigenvalue weighted by Crippen LogP contribution is -2.56. The summed E-state index contributed by atoms with van der Waals surface area (Å²) >= 11 is 0. The van der Waals surface area contributed by atoms with Crippen LogP contribution in [0, 0.1) is 17.8 Å². The number of likely N-dealkylation sites (tertiary alicyclic amines) is 2. The Balaban J connectivity index is 1.56. The molecule has 190 valence electrons. The van der Waals surface area contributed by atoms with Crippen LogP contribution < -0.4 is 5.32 Å². The molecule has 3 amide bonds. The van der Waals surface area contributed by atoms with Crippen LogP contribution in [0.5, 0.6) is 0 Å². The van der Waals surface area contributed by atoms with E-state index in [9.17, 15) is 19.2 Å². The number of amides is 3. The van der Waals surface area contributed by atoms with Gasteiger partial charge < -0.3 is 24.6 Å². The molecule has 2 aliphatic heterocycles. The summed E-state index contributed by atoms with van der Waals surface area (Å²) in [5.41, 5.74) is -0.673. The van der Waals surface area contributed by atoms with Crippen LogP contribution in [0.3, 0.4) is 0 Å². The molecular formula is C25H39N3O6. The highest BCUT2D eigenvalue weighted by molar-refractivity contribution is 5.89. The Morgan fingerprint density at radius 1 is 0.941 bits per heavy atom. The van der Waals surface area contributed by atoms with Crippen molar-refractivity contribution in [3.63, 3.8) is 0 Å². The third-order valence-electron chi connectivity index (χ3n) is 7.68. The van der Waals surface area contributed by atoms with Gasteiger partial charge >= 0.3 is 12.1 Å². The van der Waals surface area contributed by atoms with E-state index in [0.29, 0.717) is 13.0 Å². The monoisotopic (exact) mass is 477 g/mol. The van der Waals surface area contributed by atoms with Crippen molar-refractivity contribution in [3.05, 3.63) is 0 Å². The van der Waals surface area contributed by atoms with Crippen LogP contribution in [0.1, 0.15) is 72.1 Å². The first-order valence-electron chi connectivity index (χ1n) is 12.8. The van der Waals surface area contributed by atoms with E-state index in [0.717, 1.165) is 44.9 Å². The van der Waals surface area contributed by atoms with Crippen molar-refractivity contribution >= 4 is 23.9 Å². The minimum atomic E-state index is -0.708. The highest BCUT2D eigenvalue weighted by Gasteiger charge is 2.56. The first-order valence-corrected chi connectivity index (χ1v) is 12.8. The number of fused-ring (bicyclic) bond motifs is 1. The number of ether oxygens (including phenoxy) is 2. The van der Waals surface area contributed by atoms with Gasteiger partial charge in [-0.15, -0.1) is 0 Å². The molecule has 0 aromatic heterocycles. The Labute approximate surface area is 201 Å². The van der Waals surface area contributed by atoms with Crippen LogP contribution in [-0.4, -0.2) is 77.6 Å². The fourth-order valence-electron chi connectivity index (χ4n) is 5.98. The third-order valence-corrected chi connectivity index (χ3v) is 7.68. The molecule has 9 heteroatoms. The SMILES string of the molecule is COC(=O)C1CN(C(=O)C2CC2)C2CCN(C(=O)C(NC(=O)OC(C)(C)C)C3CCCCC3)C12. The maximum atomic E-state index is 14.0. The molecule has 4 fully saturated rings. The molecule has 2 heterocycles. The minimum absolute atomic E-state index is 0.0231. The molecule has 0 spiro atoms. The van der Waals surface area contributed by atoms with Crippen molar-refractivity contribution < 1.29 is 28.7 Å². The molecule has 0 radical (unpaired) electrons. The number of nitrogens with zero attached hydrogens (tertiary/aromatic N) is 2. The van der Waals surface area contributed by atoms with Crippen molar-refractivity contribution in [2.75, 3.05) is 20.2 Å². The van der Waals surface area contributed by atoms with Gasteiger partial charge in [0.15, 0.2) is 0 Å². The molecule has 34 heavy (non-hydrogen) atoms. The van der Waals surface area contributed by atoms with Gasteiger partial charge in [-0.2, -0.15) is 0 Å². The molecule has 4 unspecified atom stereocenters. The van der Waals surface area contributed by atoms with Crippen LogP contribution in [0.4, 0.5) is 4.79 Å². The topological polar surface area (TPSA) is 105 Å². The number of rotatable bonds is 5. The zero-order valence-electron chi connectivity index (χ0n) is 20.9. The summed E-state index contributed by atoms with van der Waals surface area (Å²) in [4.78, 5) is 55.8. The smallest absolute Gasteiger partial charge is 0.408 e. The fourth-order valence-corrected chi connectivity index (χ4v) is 5.98. The summed E-state index contributed by atoms with van der Waals surface area (Å²) in [6.07, 6.45) is 6.70. The molecule has 0 aromatic carbocycles. The van der Waals surface area contributed by atoms with Crippen molar-refractivity contribution in [2.45, 2.75) is 95.9 Å². The summed E-state index contributed by atoms with van der Waals surface area (Å²) in [5, 5.41) is 2.87. The molecule has 4 aliphatic rings. The van der Waals surface area contributed by atoms with E-state index in [-0.39, 0.29) is 36.2 Å². The van der Waals surface area contributed by atoms with E-state index >= 15 is 0 Å². The van der Waals surface area contributed by atoms with Crippen LogP contribution in [-0.2, 0) is 23.9 Å². The summed E-state index contributed by atoms with van der Waals surface area (Å²) in [5.74, 6) is -0.986. The van der Waals surface area contributed by atoms with E-state index in [4.69, 9.17) is 9.47 Å². The van der Waals surface area contributed by atoms with Gasteiger partial charge in [0.25, 0.3) is 0 Å². The van der Waals surface area contributed by atoms with Crippen molar-refractivity contribution in [3.8, 4) is 0 Å². The zero-order valence-corrected chi connectivity index (χ0v) is 20.9. The number of hydrogen-bond acceptors (Lipinski definition) is 6. The fraction of sp³-hybridized carbons (Fsp3) is 0.840. The van der Waals surface area contributed by atoms with Gasteiger partial charge in [0, 0.05) is 19.0 Å². The minimum Gasteiger partial charge on any atom is -0.469 e. The largest absolute Gasteiger partial charge is 0.469 e. The number of carbonyl (C=O) groups is 4. The molecule has 0 bridgehead atoms. The Bertz CT molecular complexity index is 814. The van der Waals surface area contributed by atoms with Gasteiger partial charge in [-0.3, -0.25) is 14.4 Å². The predicted molar refractivity (Wildman–Crippen MR) is 124 cm³/mol. The Hall–Kier alpha value is -2.32. The second-order valence-electron chi connectivity index (χ2n) is 11.3. The maximum Gasteiger partial charge on any atom is 0.408 e. The number of esters is 1. The van der Waals surface area contributed by atoms with E-state index in [1.807, 2.05) is 4.90 Å². The van der Waals surface area contributed by atoms with Crippen molar-refractivity contribution in [1.82, 2.24) is 15.1 Å². The van der Waals surface area contributed by atoms with Gasteiger partial charge in [-0.1, -0.05) is 19.3 Å². The lowest BCUT2D eigenvalue weighted by Gasteiger charge is -2.36. The van der Waals surface area contributed by atoms with Crippen LogP contribution in [0.2, 0.25) is 0 Å². The van der Waals surface area contributed by atoms with Gasteiger partial charge in [-0.05, 0) is 58.8 Å². The molecule has 0 aromatic rings. The standard InChI is InChI=1S/C25H39N3O6/c1-25(2,3)34-24(32)26-19(15-8-6-5-7-9-15)22(30)27-13-12-18-20(27)17(23(31)33-4)14-28(18)21(29)16-10-11-16/h15-20H,5-14H2,1-4H3,(H,26,32). The van der Waals surface area contributed by atoms with E-state index in [1.54, 1.807) is 25.7 Å². The van der Waals surface area contributed by atoms with Gasteiger partial charge in [0.1, 0.15) is 11.6 Å². The van der Waals surface area contributed by atoms with Crippen molar-refractivity contribution in [2.24, 2.45) is 17.8 Å². The molecule has 1 N–H and O–H groups in total. The predicted octanol–water partition coefficient (Wildman–Crippen LogP) is 2.47. The van der Waals surface area contributed by atoms with E-state index in [1.165, 1.54) is 7.11 Å². The van der Waals surface area contributed by atoms with E-state index in [2.05, 4.69) is 5.32 Å². The number of nitrogens with one attached hydrogen (secondary N) is 1. The lowest BCUT2D eigenvalue weighted by molar-refractivity contribution is -0.148. The first-order chi connectivity index (χ1) is 16.1. The maximum absolute atomic E-state index is 14.0. The van der Waals surface area contributed by atoms with Gasteiger partial charge in [-0.25, -0.2) is 4.79 Å². The first kappa shape index (κ1) is 24.8. The van der Waals surface area contributed by atoms with Crippen molar-refractivity contribution in [1.29, 1.82) is 0 Å². The second kappa shape index (κ2) is 9.74. The molecule has 2 saturated carbocycles. The number of carbonyl (C=O) groups excluding carboxylic acids is 4. The number of alkyl carbamates (subject to hydrolysis) is 1. The van der Waals surface area contributed by atoms with E-state index < -0.39 is 35.7 Å². The molecule has 2 saturated heterocycles. The average Bonchev–Trinajstić information content (AvgIpc) is 3.45. The van der Waals surface area contributed by atoms with Crippen LogP contribution >= 0.6 is 0 Å². The summed E-state index contributed by atoms with van der Waals surface area (Å²) in [7, 11) is 1.35. The summed E-state index contributed by atoms with van der Waals surface area (Å²) in [6, 6.07) is -1.32. The van der Waals surface area contributed by atoms with Crippen LogP contribution in [0.15, 0.2) is 0 Å². The Morgan fingerprint density at radius 3 is 2.21 bits per heavy atom. The molecule has 2 aliphatic carbocycles.